The molecule has 162 valence electrons. The Morgan fingerprint density at radius 2 is 2.25 bits per heavy atom. The Morgan fingerprint density at radius 3 is 3.00 bits per heavy atom. The summed E-state index contributed by atoms with van der Waals surface area (Å²) in [6.45, 7) is 2.01. The number of halogens is 2. The van der Waals surface area contributed by atoms with Gasteiger partial charge >= 0.3 is 5.97 Å². The second-order valence-corrected chi connectivity index (χ2v) is 7.75. The zero-order valence-electron chi connectivity index (χ0n) is 17.4. The number of imidazole rings is 1. The number of rotatable bonds is 4. The number of benzene rings is 1. The maximum absolute atomic E-state index is 14.3. The fourth-order valence-corrected chi connectivity index (χ4v) is 3.83. The molecule has 0 amide bonds. The van der Waals surface area contributed by atoms with E-state index in [4.69, 9.17) is 16.3 Å². The summed E-state index contributed by atoms with van der Waals surface area (Å²) in [7, 11) is 0. The van der Waals surface area contributed by atoms with Crippen LogP contribution < -0.4 is 0 Å². The molecule has 0 spiro atoms. The third-order valence-corrected chi connectivity index (χ3v) is 5.49. The van der Waals surface area contributed by atoms with Gasteiger partial charge in [-0.3, -0.25) is 9.79 Å². The second-order valence-electron chi connectivity index (χ2n) is 7.34. The van der Waals surface area contributed by atoms with Crippen LogP contribution in [0.25, 0.3) is 11.4 Å². The van der Waals surface area contributed by atoms with Crippen molar-refractivity contribution < 1.29 is 13.9 Å². The van der Waals surface area contributed by atoms with E-state index < -0.39 is 17.7 Å². The molecule has 4 rings (SSSR count). The fourth-order valence-electron chi connectivity index (χ4n) is 3.58. The lowest BCUT2D eigenvalue weighted by atomic mass is 9.88. The monoisotopic (exact) mass is 449 g/mol. The topological polar surface area (TPSA) is 67.3 Å². The lowest BCUT2D eigenvalue weighted by molar-refractivity contribution is -0.146. The molecule has 1 aromatic carbocycles. The van der Waals surface area contributed by atoms with E-state index >= 15 is 0 Å². The molecule has 5 nitrogen and oxygen atoms in total. The van der Waals surface area contributed by atoms with Crippen LogP contribution in [0.2, 0.25) is 5.02 Å². The number of hydrogen-bond acceptors (Lipinski definition) is 4. The first-order valence-electron chi connectivity index (χ1n) is 10.3. The van der Waals surface area contributed by atoms with Crippen molar-refractivity contribution in [1.29, 1.82) is 0 Å². The predicted molar refractivity (Wildman–Crippen MR) is 123 cm³/mol. The van der Waals surface area contributed by atoms with Crippen LogP contribution in [-0.4, -0.2) is 28.8 Å². The van der Waals surface area contributed by atoms with Gasteiger partial charge in [-0.05, 0) is 37.5 Å². The van der Waals surface area contributed by atoms with E-state index in [0.717, 1.165) is 6.42 Å². The Balaban J connectivity index is 1.62. The molecule has 0 saturated heterocycles. The summed E-state index contributed by atoms with van der Waals surface area (Å²) < 4.78 is 19.6. The summed E-state index contributed by atoms with van der Waals surface area (Å²) in [5.41, 5.74) is 1.29. The predicted octanol–water partition coefficient (Wildman–Crippen LogP) is 5.24. The quantitative estimate of drug-likeness (QED) is 0.513. The minimum absolute atomic E-state index is 0.121. The molecule has 1 aliphatic heterocycles. The summed E-state index contributed by atoms with van der Waals surface area (Å²) in [5.74, 6) is 4.68. The highest BCUT2D eigenvalue weighted by Crippen LogP contribution is 2.33. The van der Waals surface area contributed by atoms with Gasteiger partial charge in [-0.15, -0.1) is 0 Å². The smallest absolute Gasteiger partial charge is 0.313 e. The highest BCUT2D eigenvalue weighted by molar-refractivity contribution is 6.33. The Kier molecular flexibility index (Phi) is 6.67. The fraction of sp³-hybridized carbons (Fsp3) is 0.240. The zero-order chi connectivity index (χ0) is 22.5. The van der Waals surface area contributed by atoms with Crippen molar-refractivity contribution in [2.75, 3.05) is 6.61 Å². The average Bonchev–Trinajstić information content (AvgIpc) is 3.28. The highest BCUT2D eigenvalue weighted by atomic mass is 35.5. The van der Waals surface area contributed by atoms with Gasteiger partial charge in [0.25, 0.3) is 0 Å². The van der Waals surface area contributed by atoms with Crippen LogP contribution in [0.1, 0.15) is 25.0 Å². The van der Waals surface area contributed by atoms with E-state index in [1.807, 2.05) is 18.2 Å². The van der Waals surface area contributed by atoms with E-state index in [-0.39, 0.29) is 34.9 Å². The Morgan fingerprint density at radius 1 is 1.38 bits per heavy atom. The molecule has 1 N–H and O–H groups in total. The van der Waals surface area contributed by atoms with Gasteiger partial charge in [0.1, 0.15) is 17.3 Å². The maximum atomic E-state index is 14.3. The number of ether oxygens (including phenoxy) is 1. The maximum Gasteiger partial charge on any atom is 0.313 e. The number of nitrogens with one attached hydrogen (secondary N) is 1. The van der Waals surface area contributed by atoms with Gasteiger partial charge in [0.15, 0.2) is 0 Å². The number of hydrogen-bond donors (Lipinski definition) is 1. The molecule has 0 bridgehead atoms. The SMILES string of the molecule is CCOC(=O)C1C=C(C#CC2C=CC=CC2)N=CC1c1cnc(-c2c(F)cccc2Cl)[nH]1. The molecular formula is C25H21ClFN3O2. The number of allylic oxidation sites excluding steroid dienone is 5. The molecular weight excluding hydrogens is 429 g/mol. The van der Waals surface area contributed by atoms with Crippen molar-refractivity contribution in [3.05, 3.63) is 77.0 Å². The number of H-pyrrole nitrogens is 1. The summed E-state index contributed by atoms with van der Waals surface area (Å²) in [6.07, 6.45) is 13.8. The first-order valence-corrected chi connectivity index (χ1v) is 10.7. The van der Waals surface area contributed by atoms with Crippen molar-refractivity contribution in [3.63, 3.8) is 0 Å². The first-order chi connectivity index (χ1) is 15.6. The molecule has 2 aromatic rings. The molecule has 1 aliphatic carbocycles. The molecule has 3 unspecified atom stereocenters. The van der Waals surface area contributed by atoms with E-state index in [2.05, 4.69) is 32.9 Å². The zero-order valence-corrected chi connectivity index (χ0v) is 18.1. The standard InChI is InChI=1S/C25H21ClFN3O2/c1-2-32-25(31)18-13-17(12-11-16-7-4-3-5-8-16)28-14-19(18)22-15-29-24(30-22)23-20(26)9-6-10-21(23)27/h3-7,9-10,13-16,18-19H,2,8H2,1H3,(H,29,30). The van der Waals surface area contributed by atoms with E-state index in [1.54, 1.807) is 31.5 Å². The van der Waals surface area contributed by atoms with Gasteiger partial charge in [0.2, 0.25) is 0 Å². The summed E-state index contributed by atoms with van der Waals surface area (Å²) in [4.78, 5) is 24.5. The van der Waals surface area contributed by atoms with Crippen molar-refractivity contribution in [2.24, 2.45) is 16.8 Å². The van der Waals surface area contributed by atoms with Crippen LogP contribution in [0.5, 0.6) is 0 Å². The number of carbonyl (C=O) groups is 1. The third kappa shape index (κ3) is 4.74. The lowest BCUT2D eigenvalue weighted by Crippen LogP contribution is -2.26. The first kappa shape index (κ1) is 21.8. The molecule has 7 heteroatoms. The Hall–Kier alpha value is -3.43. The number of esters is 1. The van der Waals surface area contributed by atoms with Crippen LogP contribution in [-0.2, 0) is 9.53 Å². The van der Waals surface area contributed by atoms with Crippen molar-refractivity contribution in [2.45, 2.75) is 19.3 Å². The summed E-state index contributed by atoms with van der Waals surface area (Å²) in [6, 6.07) is 4.44. The summed E-state index contributed by atoms with van der Waals surface area (Å²) in [5, 5.41) is 0.245. The van der Waals surface area contributed by atoms with Gasteiger partial charge < -0.3 is 9.72 Å². The Bertz CT molecular complexity index is 1180. The van der Waals surface area contributed by atoms with E-state index in [9.17, 15) is 9.18 Å². The molecule has 1 aromatic heterocycles. The third-order valence-electron chi connectivity index (χ3n) is 5.18. The summed E-state index contributed by atoms with van der Waals surface area (Å²) >= 11 is 6.16. The largest absolute Gasteiger partial charge is 0.466 e. The highest BCUT2D eigenvalue weighted by Gasteiger charge is 2.32. The molecule has 0 saturated carbocycles. The van der Waals surface area contributed by atoms with Crippen LogP contribution in [0.4, 0.5) is 4.39 Å². The number of aromatic amines is 1. The van der Waals surface area contributed by atoms with Crippen molar-refractivity contribution in [3.8, 4) is 23.2 Å². The van der Waals surface area contributed by atoms with Gasteiger partial charge in [-0.2, -0.15) is 0 Å². The second kappa shape index (κ2) is 9.80. The molecule has 0 radical (unpaired) electrons. The lowest BCUT2D eigenvalue weighted by Gasteiger charge is -2.21. The number of carbonyl (C=O) groups excluding carboxylic acids is 1. The van der Waals surface area contributed by atoms with Gasteiger partial charge in [-0.25, -0.2) is 9.37 Å². The average molecular weight is 450 g/mol. The van der Waals surface area contributed by atoms with Crippen molar-refractivity contribution in [1.82, 2.24) is 9.97 Å². The van der Waals surface area contributed by atoms with Crippen LogP contribution >= 0.6 is 11.6 Å². The minimum atomic E-state index is -0.636. The molecule has 2 aliphatic rings. The normalized spacial score (nSPS) is 21.6. The van der Waals surface area contributed by atoms with Gasteiger partial charge in [-0.1, -0.05) is 47.9 Å². The van der Waals surface area contributed by atoms with Crippen molar-refractivity contribution >= 4 is 23.8 Å². The minimum Gasteiger partial charge on any atom is -0.466 e. The van der Waals surface area contributed by atoms with Crippen LogP contribution in [0.3, 0.4) is 0 Å². The van der Waals surface area contributed by atoms with E-state index in [0.29, 0.717) is 11.4 Å². The van der Waals surface area contributed by atoms with E-state index in [1.165, 1.54) is 12.1 Å². The number of aromatic nitrogens is 2. The number of nitrogens with zero attached hydrogens (tertiary/aromatic N) is 2. The molecule has 32 heavy (non-hydrogen) atoms. The van der Waals surface area contributed by atoms with Gasteiger partial charge in [0.05, 0.1) is 29.0 Å². The Labute approximate surface area is 190 Å². The van der Waals surface area contributed by atoms with Gasteiger partial charge in [0, 0.05) is 24.0 Å². The molecule has 2 heterocycles. The number of aliphatic imine (C=N–C) groups is 1. The molecule has 3 atom stereocenters. The molecule has 0 fully saturated rings. The van der Waals surface area contributed by atoms with Crippen LogP contribution in [0, 0.1) is 29.5 Å². The van der Waals surface area contributed by atoms with Crippen LogP contribution in [0.15, 0.2) is 65.5 Å².